The van der Waals surface area contributed by atoms with Gasteiger partial charge in [-0.2, -0.15) is 11.8 Å². The molecular weight excluding hydrogens is 412 g/mol. The standard InChI is InChI=1S/C24H28N2O4S/c1-31-17-22(27)20(15-18-9-4-2-5-10-18)25-23(28)21-13-8-14-26(21)24(29)30-16-19-11-6-3-7-12-19/h2-7,9-12,20-21H,8,13-17H2,1H3,(H,25,28). The molecule has 7 heteroatoms. The summed E-state index contributed by atoms with van der Waals surface area (Å²) in [6, 6.07) is 17.8. The predicted molar refractivity (Wildman–Crippen MR) is 122 cm³/mol. The maximum absolute atomic E-state index is 13.0. The number of likely N-dealkylation sites (tertiary alicyclic amines) is 1. The highest BCUT2D eigenvalue weighted by Crippen LogP contribution is 2.20. The maximum atomic E-state index is 13.0. The second kappa shape index (κ2) is 11.6. The molecule has 1 aliphatic rings. The van der Waals surface area contributed by atoms with Crippen LogP contribution >= 0.6 is 11.8 Å². The van der Waals surface area contributed by atoms with Crippen molar-refractivity contribution < 1.29 is 19.1 Å². The Labute approximate surface area is 187 Å². The quantitative estimate of drug-likeness (QED) is 0.646. The summed E-state index contributed by atoms with van der Waals surface area (Å²) in [4.78, 5) is 39.7. The van der Waals surface area contributed by atoms with Gasteiger partial charge in [-0.15, -0.1) is 0 Å². The molecule has 1 saturated heterocycles. The third-order valence-electron chi connectivity index (χ3n) is 5.27. The number of nitrogens with one attached hydrogen (secondary N) is 1. The minimum absolute atomic E-state index is 0.0269. The van der Waals surface area contributed by atoms with E-state index in [2.05, 4.69) is 5.32 Å². The number of nitrogens with zero attached hydrogens (tertiary/aromatic N) is 1. The van der Waals surface area contributed by atoms with Crippen LogP contribution in [0.4, 0.5) is 4.79 Å². The SMILES string of the molecule is CSCC(=O)C(Cc1ccccc1)NC(=O)C1CCCN1C(=O)OCc1ccccc1. The van der Waals surface area contributed by atoms with Gasteiger partial charge in [0, 0.05) is 6.54 Å². The largest absolute Gasteiger partial charge is 0.445 e. The van der Waals surface area contributed by atoms with Gasteiger partial charge in [0.25, 0.3) is 0 Å². The molecular formula is C24H28N2O4S. The number of carbonyl (C=O) groups excluding carboxylic acids is 3. The first-order chi connectivity index (χ1) is 15.1. The molecule has 2 atom stereocenters. The zero-order valence-electron chi connectivity index (χ0n) is 17.7. The van der Waals surface area contributed by atoms with Crippen LogP contribution in [0, 0.1) is 0 Å². The van der Waals surface area contributed by atoms with Crippen LogP contribution in [0.5, 0.6) is 0 Å². The van der Waals surface area contributed by atoms with Crippen LogP contribution in [0.1, 0.15) is 24.0 Å². The van der Waals surface area contributed by atoms with E-state index in [1.807, 2.05) is 66.9 Å². The molecule has 164 valence electrons. The van der Waals surface area contributed by atoms with E-state index in [-0.39, 0.29) is 18.3 Å². The number of carbonyl (C=O) groups is 3. The topological polar surface area (TPSA) is 75.7 Å². The summed E-state index contributed by atoms with van der Waals surface area (Å²) in [5.41, 5.74) is 1.87. The number of rotatable bonds is 9. The first-order valence-corrected chi connectivity index (χ1v) is 11.8. The normalized spacial score (nSPS) is 16.5. The van der Waals surface area contributed by atoms with Crippen LogP contribution in [-0.2, 0) is 27.4 Å². The average molecular weight is 441 g/mol. The second-order valence-corrected chi connectivity index (χ2v) is 8.41. The Hall–Kier alpha value is -2.80. The van der Waals surface area contributed by atoms with E-state index in [0.29, 0.717) is 25.1 Å². The van der Waals surface area contributed by atoms with Crippen molar-refractivity contribution >= 4 is 29.5 Å². The molecule has 2 aromatic rings. The third kappa shape index (κ3) is 6.59. The highest BCUT2D eigenvalue weighted by molar-refractivity contribution is 7.99. The Kier molecular flexibility index (Phi) is 8.53. The molecule has 2 aromatic carbocycles. The van der Waals surface area contributed by atoms with E-state index in [0.717, 1.165) is 17.5 Å². The van der Waals surface area contributed by atoms with Crippen LogP contribution in [0.15, 0.2) is 60.7 Å². The molecule has 1 N–H and O–H groups in total. The molecule has 1 fully saturated rings. The van der Waals surface area contributed by atoms with Crippen molar-refractivity contribution in [3.63, 3.8) is 0 Å². The first kappa shape index (κ1) is 22.9. The molecule has 3 rings (SSSR count). The Morgan fingerprint density at radius 1 is 1.06 bits per heavy atom. The summed E-state index contributed by atoms with van der Waals surface area (Å²) in [6.07, 6.45) is 3.07. The highest BCUT2D eigenvalue weighted by atomic mass is 32.2. The van der Waals surface area contributed by atoms with Gasteiger partial charge in [-0.05, 0) is 36.6 Å². The fraction of sp³-hybridized carbons (Fsp3) is 0.375. The first-order valence-electron chi connectivity index (χ1n) is 10.4. The fourth-order valence-electron chi connectivity index (χ4n) is 3.67. The van der Waals surface area contributed by atoms with Crippen LogP contribution in [0.3, 0.4) is 0 Å². The molecule has 0 spiro atoms. The zero-order chi connectivity index (χ0) is 22.1. The Bertz CT molecular complexity index is 876. The molecule has 1 aliphatic heterocycles. The molecule has 0 saturated carbocycles. The number of hydrogen-bond acceptors (Lipinski definition) is 5. The maximum Gasteiger partial charge on any atom is 0.410 e. The average Bonchev–Trinajstić information content (AvgIpc) is 3.29. The monoisotopic (exact) mass is 440 g/mol. The minimum Gasteiger partial charge on any atom is -0.445 e. The van der Waals surface area contributed by atoms with Crippen molar-refractivity contribution in [2.75, 3.05) is 18.6 Å². The molecule has 6 nitrogen and oxygen atoms in total. The number of thioether (sulfide) groups is 1. The van der Waals surface area contributed by atoms with E-state index in [1.165, 1.54) is 16.7 Å². The van der Waals surface area contributed by atoms with Crippen molar-refractivity contribution in [1.82, 2.24) is 10.2 Å². The predicted octanol–water partition coefficient (Wildman–Crippen LogP) is 3.45. The van der Waals surface area contributed by atoms with Gasteiger partial charge in [0.15, 0.2) is 5.78 Å². The van der Waals surface area contributed by atoms with E-state index in [9.17, 15) is 14.4 Å². The molecule has 0 aromatic heterocycles. The Morgan fingerprint density at radius 3 is 2.35 bits per heavy atom. The van der Waals surface area contributed by atoms with Gasteiger partial charge in [0.05, 0.1) is 11.8 Å². The van der Waals surface area contributed by atoms with Crippen molar-refractivity contribution in [3.05, 3.63) is 71.8 Å². The van der Waals surface area contributed by atoms with Gasteiger partial charge in [-0.25, -0.2) is 4.79 Å². The van der Waals surface area contributed by atoms with Crippen molar-refractivity contribution in [1.29, 1.82) is 0 Å². The highest BCUT2D eigenvalue weighted by Gasteiger charge is 2.36. The molecule has 2 unspecified atom stereocenters. The van der Waals surface area contributed by atoms with Gasteiger partial charge < -0.3 is 10.1 Å². The summed E-state index contributed by atoms with van der Waals surface area (Å²) < 4.78 is 5.42. The summed E-state index contributed by atoms with van der Waals surface area (Å²) in [5, 5.41) is 2.90. The number of Topliss-reactive ketones (excluding diaryl/α,β-unsaturated/α-hetero) is 1. The van der Waals surface area contributed by atoms with Crippen LogP contribution in [0.25, 0.3) is 0 Å². The molecule has 31 heavy (non-hydrogen) atoms. The van der Waals surface area contributed by atoms with Crippen LogP contribution in [0.2, 0.25) is 0 Å². The van der Waals surface area contributed by atoms with Crippen molar-refractivity contribution in [2.45, 2.75) is 38.0 Å². The van der Waals surface area contributed by atoms with Gasteiger partial charge in [0.1, 0.15) is 12.6 Å². The molecule has 0 aliphatic carbocycles. The lowest BCUT2D eigenvalue weighted by molar-refractivity contribution is -0.129. The van der Waals surface area contributed by atoms with E-state index in [1.54, 1.807) is 0 Å². The lowest BCUT2D eigenvalue weighted by Crippen LogP contribution is -2.52. The minimum atomic E-state index is -0.622. The van der Waals surface area contributed by atoms with Gasteiger partial charge >= 0.3 is 6.09 Å². The summed E-state index contributed by atoms with van der Waals surface area (Å²) >= 11 is 1.43. The molecule has 1 heterocycles. The lowest BCUT2D eigenvalue weighted by Gasteiger charge is -2.26. The number of hydrogen-bond donors (Lipinski definition) is 1. The third-order valence-corrected chi connectivity index (χ3v) is 5.84. The Morgan fingerprint density at radius 2 is 1.71 bits per heavy atom. The van der Waals surface area contributed by atoms with E-state index < -0.39 is 18.2 Å². The second-order valence-electron chi connectivity index (χ2n) is 7.54. The lowest BCUT2D eigenvalue weighted by atomic mass is 10.0. The van der Waals surface area contributed by atoms with Crippen molar-refractivity contribution in [3.8, 4) is 0 Å². The Balaban J connectivity index is 1.62. The molecule has 0 bridgehead atoms. The van der Waals surface area contributed by atoms with Gasteiger partial charge in [-0.1, -0.05) is 60.7 Å². The van der Waals surface area contributed by atoms with Crippen molar-refractivity contribution in [2.24, 2.45) is 0 Å². The van der Waals surface area contributed by atoms with Crippen LogP contribution < -0.4 is 5.32 Å². The zero-order valence-corrected chi connectivity index (χ0v) is 18.5. The molecule has 0 radical (unpaired) electrons. The summed E-state index contributed by atoms with van der Waals surface area (Å²) in [5.74, 6) is -0.00361. The van der Waals surface area contributed by atoms with Crippen LogP contribution in [-0.4, -0.2) is 53.3 Å². The molecule has 2 amide bonds. The number of ketones is 1. The summed E-state index contributed by atoms with van der Waals surface area (Å²) in [7, 11) is 0. The number of benzene rings is 2. The van der Waals surface area contributed by atoms with Gasteiger partial charge in [0.2, 0.25) is 5.91 Å². The van der Waals surface area contributed by atoms with Gasteiger partial charge in [-0.3, -0.25) is 14.5 Å². The number of ether oxygens (including phenoxy) is 1. The summed E-state index contributed by atoms with van der Waals surface area (Å²) in [6.45, 7) is 0.626. The van der Waals surface area contributed by atoms with E-state index in [4.69, 9.17) is 4.74 Å². The van der Waals surface area contributed by atoms with E-state index >= 15 is 0 Å². The number of amides is 2. The fourth-order valence-corrected chi connectivity index (χ4v) is 4.15. The smallest absolute Gasteiger partial charge is 0.410 e.